The summed E-state index contributed by atoms with van der Waals surface area (Å²) in [6, 6.07) is 1.38. The van der Waals surface area contributed by atoms with Crippen LogP contribution in [-0.4, -0.2) is 35.4 Å². The zero-order valence-corrected chi connectivity index (χ0v) is 9.10. The van der Waals surface area contributed by atoms with E-state index in [0.29, 0.717) is 0 Å². The van der Waals surface area contributed by atoms with E-state index in [1.807, 2.05) is 0 Å². The molecule has 0 N–H and O–H groups in total. The van der Waals surface area contributed by atoms with E-state index in [1.165, 1.54) is 19.5 Å². The zero-order valence-electron chi connectivity index (χ0n) is 9.10. The van der Waals surface area contributed by atoms with Crippen LogP contribution in [0.25, 0.3) is 0 Å². The predicted molar refractivity (Wildman–Crippen MR) is 54.2 cm³/mol. The van der Waals surface area contributed by atoms with Gasteiger partial charge in [0.1, 0.15) is 18.4 Å². The molecule has 6 heteroatoms. The van der Waals surface area contributed by atoms with Crippen molar-refractivity contribution < 1.29 is 19.1 Å². The molecule has 0 unspecified atom stereocenters. The minimum atomic E-state index is -0.565. The monoisotopic (exact) mass is 224 g/mol. The first kappa shape index (κ1) is 12.1. The fourth-order valence-corrected chi connectivity index (χ4v) is 1.04. The highest BCUT2D eigenvalue weighted by molar-refractivity contribution is 6.04. The number of aromatic nitrogens is 2. The first-order valence-corrected chi connectivity index (χ1v) is 4.72. The second kappa shape index (κ2) is 5.79. The van der Waals surface area contributed by atoms with Crippen molar-refractivity contribution in [3.8, 4) is 5.88 Å². The van der Waals surface area contributed by atoms with E-state index in [-0.39, 0.29) is 24.6 Å². The fraction of sp³-hybridized carbons (Fsp3) is 0.400. The molecular weight excluding hydrogens is 212 g/mol. The van der Waals surface area contributed by atoms with Gasteiger partial charge in [0.2, 0.25) is 5.88 Å². The average Bonchev–Trinajstić information content (AvgIpc) is 2.29. The molecule has 0 bridgehead atoms. The summed E-state index contributed by atoms with van der Waals surface area (Å²) in [6.45, 7) is 1.93. The lowest BCUT2D eigenvalue weighted by molar-refractivity contribution is -0.141. The lowest BCUT2D eigenvalue weighted by atomic mass is 10.2. The number of rotatable bonds is 5. The van der Waals surface area contributed by atoms with E-state index < -0.39 is 11.8 Å². The molecule has 0 saturated carbocycles. The van der Waals surface area contributed by atoms with Gasteiger partial charge in [-0.3, -0.25) is 9.59 Å². The van der Waals surface area contributed by atoms with Gasteiger partial charge in [-0.05, 0) is 6.92 Å². The number of hydrogen-bond acceptors (Lipinski definition) is 6. The summed E-state index contributed by atoms with van der Waals surface area (Å²) in [5.74, 6) is -0.702. The molecule has 1 rings (SSSR count). The maximum Gasteiger partial charge on any atom is 0.313 e. The number of hydrogen-bond donors (Lipinski definition) is 0. The van der Waals surface area contributed by atoms with Crippen LogP contribution in [0.3, 0.4) is 0 Å². The van der Waals surface area contributed by atoms with Crippen molar-refractivity contribution in [3.63, 3.8) is 0 Å². The Kier molecular flexibility index (Phi) is 4.38. The molecule has 0 aliphatic heterocycles. The standard InChI is InChI=1S/C10H12N2O4/c1-3-16-10(14)5-8(13)7-4-9(15-2)12-6-11-7/h4,6H,3,5H2,1-2H3. The predicted octanol–water partition coefficient (Wildman–Crippen LogP) is 0.621. The van der Waals surface area contributed by atoms with Crippen LogP contribution in [0.5, 0.6) is 5.88 Å². The highest BCUT2D eigenvalue weighted by Gasteiger charge is 2.14. The molecule has 0 atom stereocenters. The molecule has 86 valence electrons. The molecule has 1 heterocycles. The highest BCUT2D eigenvalue weighted by atomic mass is 16.5. The molecule has 1 aromatic rings. The Balaban J connectivity index is 2.69. The van der Waals surface area contributed by atoms with Gasteiger partial charge in [0, 0.05) is 6.07 Å². The Morgan fingerprint density at radius 1 is 1.38 bits per heavy atom. The van der Waals surface area contributed by atoms with E-state index in [1.54, 1.807) is 6.92 Å². The minimum absolute atomic E-state index is 0.139. The second-order valence-electron chi connectivity index (χ2n) is 2.85. The van der Waals surface area contributed by atoms with Crippen LogP contribution in [0.4, 0.5) is 0 Å². The number of ketones is 1. The van der Waals surface area contributed by atoms with Crippen molar-refractivity contribution in [2.45, 2.75) is 13.3 Å². The fourth-order valence-electron chi connectivity index (χ4n) is 1.04. The number of nitrogens with zero attached hydrogens (tertiary/aromatic N) is 2. The smallest absolute Gasteiger partial charge is 0.313 e. The molecule has 0 aliphatic rings. The van der Waals surface area contributed by atoms with Gasteiger partial charge in [-0.2, -0.15) is 0 Å². The Hall–Kier alpha value is -1.98. The molecule has 0 spiro atoms. The normalized spacial score (nSPS) is 9.62. The number of Topliss-reactive ketones (excluding diaryl/α,β-unsaturated/α-hetero) is 1. The molecule has 0 aromatic carbocycles. The molecule has 0 fully saturated rings. The van der Waals surface area contributed by atoms with E-state index >= 15 is 0 Å². The maximum absolute atomic E-state index is 11.6. The summed E-state index contributed by atoms with van der Waals surface area (Å²) < 4.78 is 9.49. The van der Waals surface area contributed by atoms with Crippen molar-refractivity contribution >= 4 is 11.8 Å². The van der Waals surface area contributed by atoms with Gasteiger partial charge in [-0.1, -0.05) is 0 Å². The molecular formula is C10H12N2O4. The Labute approximate surface area is 92.6 Å². The third-order valence-corrected chi connectivity index (χ3v) is 1.75. The van der Waals surface area contributed by atoms with Crippen molar-refractivity contribution in [1.29, 1.82) is 0 Å². The van der Waals surface area contributed by atoms with Crippen LogP contribution in [0.15, 0.2) is 12.4 Å². The highest BCUT2D eigenvalue weighted by Crippen LogP contribution is 2.08. The summed E-state index contributed by atoms with van der Waals surface area (Å²) >= 11 is 0. The Morgan fingerprint density at radius 3 is 2.75 bits per heavy atom. The quantitative estimate of drug-likeness (QED) is 0.414. The SMILES string of the molecule is CCOC(=O)CC(=O)c1cc(OC)ncn1. The summed E-state index contributed by atoms with van der Waals surface area (Å²) in [7, 11) is 1.43. The molecule has 6 nitrogen and oxygen atoms in total. The number of esters is 1. The third kappa shape index (κ3) is 3.30. The van der Waals surface area contributed by atoms with Gasteiger partial charge in [0.25, 0.3) is 0 Å². The third-order valence-electron chi connectivity index (χ3n) is 1.75. The van der Waals surface area contributed by atoms with Gasteiger partial charge < -0.3 is 9.47 Å². The van der Waals surface area contributed by atoms with Gasteiger partial charge in [-0.15, -0.1) is 0 Å². The zero-order chi connectivity index (χ0) is 12.0. The van der Waals surface area contributed by atoms with Crippen molar-refractivity contribution in [2.75, 3.05) is 13.7 Å². The van der Waals surface area contributed by atoms with Crippen LogP contribution < -0.4 is 4.74 Å². The number of carbonyl (C=O) groups is 2. The molecule has 16 heavy (non-hydrogen) atoms. The van der Waals surface area contributed by atoms with Crippen LogP contribution in [0.2, 0.25) is 0 Å². The summed E-state index contributed by atoms with van der Waals surface area (Å²) in [6.07, 6.45) is 0.880. The van der Waals surface area contributed by atoms with Crippen molar-refractivity contribution in [2.24, 2.45) is 0 Å². The van der Waals surface area contributed by atoms with Crippen LogP contribution in [-0.2, 0) is 9.53 Å². The van der Waals surface area contributed by atoms with Crippen LogP contribution in [0.1, 0.15) is 23.8 Å². The van der Waals surface area contributed by atoms with E-state index in [9.17, 15) is 9.59 Å². The van der Waals surface area contributed by atoms with Gasteiger partial charge in [0.05, 0.1) is 13.7 Å². The van der Waals surface area contributed by atoms with Gasteiger partial charge in [0.15, 0.2) is 5.78 Å². The van der Waals surface area contributed by atoms with Crippen LogP contribution in [0, 0.1) is 0 Å². The van der Waals surface area contributed by atoms with E-state index in [4.69, 9.17) is 4.74 Å². The summed E-state index contributed by atoms with van der Waals surface area (Å²) in [4.78, 5) is 30.1. The lowest BCUT2D eigenvalue weighted by Crippen LogP contribution is -2.12. The number of ether oxygens (including phenoxy) is 2. The molecule has 0 radical (unpaired) electrons. The molecule has 0 saturated heterocycles. The van der Waals surface area contributed by atoms with Crippen molar-refractivity contribution in [1.82, 2.24) is 9.97 Å². The summed E-state index contributed by atoms with van der Waals surface area (Å²) in [5, 5.41) is 0. The minimum Gasteiger partial charge on any atom is -0.481 e. The Morgan fingerprint density at radius 2 is 2.12 bits per heavy atom. The molecule has 0 aliphatic carbocycles. The van der Waals surface area contributed by atoms with Gasteiger partial charge in [-0.25, -0.2) is 9.97 Å². The first-order valence-electron chi connectivity index (χ1n) is 4.72. The number of carbonyl (C=O) groups excluding carboxylic acids is 2. The topological polar surface area (TPSA) is 78.4 Å². The summed E-state index contributed by atoms with van der Waals surface area (Å²) in [5.41, 5.74) is 0.139. The van der Waals surface area contributed by atoms with Gasteiger partial charge >= 0.3 is 5.97 Å². The van der Waals surface area contributed by atoms with E-state index in [2.05, 4.69) is 14.7 Å². The van der Waals surface area contributed by atoms with E-state index in [0.717, 1.165) is 0 Å². The van der Waals surface area contributed by atoms with Crippen molar-refractivity contribution in [3.05, 3.63) is 18.1 Å². The average molecular weight is 224 g/mol. The van der Waals surface area contributed by atoms with Crippen LogP contribution >= 0.6 is 0 Å². The largest absolute Gasteiger partial charge is 0.481 e. The Bertz CT molecular complexity index is 392. The second-order valence-corrected chi connectivity index (χ2v) is 2.85. The molecule has 0 amide bonds. The molecule has 1 aromatic heterocycles. The number of methoxy groups -OCH3 is 1. The lowest BCUT2D eigenvalue weighted by Gasteiger charge is -2.02. The maximum atomic E-state index is 11.6. The first-order chi connectivity index (χ1) is 7.67.